The van der Waals surface area contributed by atoms with Gasteiger partial charge in [0.25, 0.3) is 0 Å². The molecule has 0 fully saturated rings. The van der Waals surface area contributed by atoms with Crippen molar-refractivity contribution in [3.8, 4) is 11.5 Å². The van der Waals surface area contributed by atoms with Gasteiger partial charge in [-0.1, -0.05) is 17.8 Å². The molecule has 0 aliphatic rings. The number of benzene rings is 1. The molecule has 1 unspecified atom stereocenters. The second-order valence-electron chi connectivity index (χ2n) is 5.61. The number of fused-ring (bicyclic) bond motifs is 1. The molecule has 0 saturated carbocycles. The first kappa shape index (κ1) is 18.2. The van der Waals surface area contributed by atoms with E-state index in [0.717, 1.165) is 5.65 Å². The van der Waals surface area contributed by atoms with Gasteiger partial charge in [0.15, 0.2) is 28.1 Å². The number of pyridine rings is 1. The maximum Gasteiger partial charge on any atom is 0.195 e. The summed E-state index contributed by atoms with van der Waals surface area (Å²) in [5, 5.41) is 19.1. The van der Waals surface area contributed by atoms with Crippen LogP contribution in [0.2, 0.25) is 0 Å². The van der Waals surface area contributed by atoms with Crippen molar-refractivity contribution in [1.82, 2.24) is 14.6 Å². The number of carbonyl (C=O) groups excluding carboxylic acids is 1. The van der Waals surface area contributed by atoms with Gasteiger partial charge in [0.1, 0.15) is 6.61 Å². The average Bonchev–Trinajstić information content (AvgIpc) is 3.07. The molecule has 8 heteroatoms. The van der Waals surface area contributed by atoms with E-state index in [2.05, 4.69) is 10.2 Å². The Bertz CT molecular complexity index is 912. The molecule has 2 heterocycles. The third-order valence-electron chi connectivity index (χ3n) is 3.69. The first-order chi connectivity index (χ1) is 12.6. The predicted octanol–water partition coefficient (Wildman–Crippen LogP) is 2.47. The predicted molar refractivity (Wildman–Crippen MR) is 98.2 cm³/mol. The van der Waals surface area contributed by atoms with E-state index in [1.54, 1.807) is 18.2 Å². The number of thioether (sulfide) groups is 1. The molecule has 3 aromatic rings. The number of aliphatic hydroxyl groups excluding tert-OH is 1. The van der Waals surface area contributed by atoms with Crippen LogP contribution in [0, 0.1) is 0 Å². The van der Waals surface area contributed by atoms with Crippen LogP contribution in [-0.2, 0) is 0 Å². The molecule has 2 aromatic heterocycles. The lowest BCUT2D eigenvalue weighted by Crippen LogP contribution is -2.20. The molecule has 1 N–H and O–H groups in total. The van der Waals surface area contributed by atoms with Gasteiger partial charge in [-0.15, -0.1) is 10.2 Å². The zero-order valence-electron chi connectivity index (χ0n) is 14.5. The van der Waals surface area contributed by atoms with Crippen molar-refractivity contribution in [2.24, 2.45) is 0 Å². The molecule has 0 aliphatic heterocycles. The van der Waals surface area contributed by atoms with Gasteiger partial charge in [0.2, 0.25) is 0 Å². The Morgan fingerprint density at radius 2 is 2.12 bits per heavy atom. The topological polar surface area (TPSA) is 86.0 Å². The van der Waals surface area contributed by atoms with E-state index >= 15 is 0 Å². The lowest BCUT2D eigenvalue weighted by Gasteiger charge is -2.14. The van der Waals surface area contributed by atoms with Crippen molar-refractivity contribution in [2.75, 3.05) is 19.5 Å². The molecule has 26 heavy (non-hydrogen) atoms. The molecular weight excluding hydrogens is 354 g/mol. The normalized spacial score (nSPS) is 12.1. The average molecular weight is 373 g/mol. The molecule has 7 nitrogen and oxygen atoms in total. The number of methoxy groups -OCH3 is 1. The second-order valence-corrected chi connectivity index (χ2v) is 6.60. The molecule has 0 aliphatic carbocycles. The van der Waals surface area contributed by atoms with E-state index in [4.69, 9.17) is 9.47 Å². The molecule has 0 saturated heterocycles. The second kappa shape index (κ2) is 8.20. The van der Waals surface area contributed by atoms with Crippen LogP contribution in [0.1, 0.15) is 17.3 Å². The number of ketones is 1. The Hall–Kier alpha value is -2.58. The summed E-state index contributed by atoms with van der Waals surface area (Å²) in [5.74, 6) is 1.30. The van der Waals surface area contributed by atoms with Gasteiger partial charge in [0, 0.05) is 17.5 Å². The molecule has 0 radical (unpaired) electrons. The minimum atomic E-state index is -0.701. The van der Waals surface area contributed by atoms with Crippen molar-refractivity contribution in [2.45, 2.75) is 18.2 Å². The number of Topliss-reactive ketones (excluding diaryl/α,β-unsaturated/α-hetero) is 1. The van der Waals surface area contributed by atoms with Crippen LogP contribution in [0.5, 0.6) is 11.5 Å². The fraction of sp³-hybridized carbons (Fsp3) is 0.278. The van der Waals surface area contributed by atoms with Gasteiger partial charge < -0.3 is 14.6 Å². The molecule has 0 bridgehead atoms. The number of carbonyl (C=O) groups is 1. The van der Waals surface area contributed by atoms with Crippen molar-refractivity contribution in [3.63, 3.8) is 0 Å². The SMILES string of the molecule is COc1cc(C(C)=O)ccc1OCC(O)CSc1nnc2ccccn12. The van der Waals surface area contributed by atoms with Crippen molar-refractivity contribution >= 4 is 23.2 Å². The Morgan fingerprint density at radius 1 is 1.27 bits per heavy atom. The van der Waals surface area contributed by atoms with Crippen molar-refractivity contribution < 1.29 is 19.4 Å². The highest BCUT2D eigenvalue weighted by molar-refractivity contribution is 7.99. The van der Waals surface area contributed by atoms with E-state index in [0.29, 0.717) is 28.0 Å². The summed E-state index contributed by atoms with van der Waals surface area (Å²) in [5.41, 5.74) is 1.31. The van der Waals surface area contributed by atoms with Crippen LogP contribution in [0.25, 0.3) is 5.65 Å². The summed E-state index contributed by atoms with van der Waals surface area (Å²) in [6.45, 7) is 1.59. The smallest absolute Gasteiger partial charge is 0.195 e. The summed E-state index contributed by atoms with van der Waals surface area (Å²) in [4.78, 5) is 11.4. The van der Waals surface area contributed by atoms with Gasteiger partial charge in [-0.25, -0.2) is 0 Å². The number of nitrogens with zero attached hydrogens (tertiary/aromatic N) is 3. The molecule has 0 spiro atoms. The fourth-order valence-electron chi connectivity index (χ4n) is 2.33. The number of aromatic nitrogens is 3. The highest BCUT2D eigenvalue weighted by Gasteiger charge is 2.13. The number of rotatable bonds is 8. The van der Waals surface area contributed by atoms with Crippen LogP contribution in [0.15, 0.2) is 47.8 Å². The summed E-state index contributed by atoms with van der Waals surface area (Å²) in [6, 6.07) is 10.6. The molecular formula is C18H19N3O4S. The van der Waals surface area contributed by atoms with Gasteiger partial charge in [-0.05, 0) is 37.3 Å². The Kier molecular flexibility index (Phi) is 5.75. The first-order valence-electron chi connectivity index (χ1n) is 8.01. The standard InChI is InChI=1S/C18H19N3O4S/c1-12(22)13-6-7-15(16(9-13)24-2)25-10-14(23)11-26-18-20-19-17-5-3-4-8-21(17)18/h3-9,14,23H,10-11H2,1-2H3. The number of ether oxygens (including phenoxy) is 2. The largest absolute Gasteiger partial charge is 0.493 e. The minimum Gasteiger partial charge on any atom is -0.493 e. The maximum atomic E-state index is 11.4. The highest BCUT2D eigenvalue weighted by atomic mass is 32.2. The third kappa shape index (κ3) is 4.14. The number of aliphatic hydroxyl groups is 1. The zero-order valence-corrected chi connectivity index (χ0v) is 15.3. The molecule has 1 atom stereocenters. The first-order valence-corrected chi connectivity index (χ1v) is 8.99. The van der Waals surface area contributed by atoms with Crippen LogP contribution < -0.4 is 9.47 Å². The summed E-state index contributed by atoms with van der Waals surface area (Å²) in [7, 11) is 1.51. The van der Waals surface area contributed by atoms with Crippen LogP contribution >= 0.6 is 11.8 Å². The molecule has 1 aromatic carbocycles. The van der Waals surface area contributed by atoms with Gasteiger partial charge in [-0.3, -0.25) is 9.20 Å². The summed E-state index contributed by atoms with van der Waals surface area (Å²) < 4.78 is 12.8. The van der Waals surface area contributed by atoms with Gasteiger partial charge in [0.05, 0.1) is 13.2 Å². The van der Waals surface area contributed by atoms with Gasteiger partial charge in [-0.2, -0.15) is 0 Å². The highest BCUT2D eigenvalue weighted by Crippen LogP contribution is 2.28. The Morgan fingerprint density at radius 3 is 2.88 bits per heavy atom. The summed E-state index contributed by atoms with van der Waals surface area (Å²) in [6.07, 6.45) is 1.18. The lowest BCUT2D eigenvalue weighted by molar-refractivity contribution is 0.101. The van der Waals surface area contributed by atoms with Crippen LogP contribution in [0.4, 0.5) is 0 Å². The third-order valence-corrected chi connectivity index (χ3v) is 4.78. The molecule has 3 rings (SSSR count). The Balaban J connectivity index is 1.57. The molecule has 136 valence electrons. The fourth-order valence-corrected chi connectivity index (χ4v) is 3.16. The molecule has 0 amide bonds. The van der Waals surface area contributed by atoms with E-state index in [-0.39, 0.29) is 12.4 Å². The van der Waals surface area contributed by atoms with E-state index < -0.39 is 6.10 Å². The zero-order chi connectivity index (χ0) is 18.5. The van der Waals surface area contributed by atoms with Crippen molar-refractivity contribution in [3.05, 3.63) is 48.2 Å². The van der Waals surface area contributed by atoms with Crippen molar-refractivity contribution in [1.29, 1.82) is 0 Å². The van der Waals surface area contributed by atoms with Crippen LogP contribution in [0.3, 0.4) is 0 Å². The number of hydrogen-bond acceptors (Lipinski definition) is 7. The maximum absolute atomic E-state index is 11.4. The van der Waals surface area contributed by atoms with Crippen LogP contribution in [-0.4, -0.2) is 51.1 Å². The van der Waals surface area contributed by atoms with E-state index in [1.807, 2.05) is 28.8 Å². The van der Waals surface area contributed by atoms with E-state index in [1.165, 1.54) is 25.8 Å². The van der Waals surface area contributed by atoms with Gasteiger partial charge >= 0.3 is 0 Å². The summed E-state index contributed by atoms with van der Waals surface area (Å²) >= 11 is 1.40. The minimum absolute atomic E-state index is 0.0492. The quantitative estimate of drug-likeness (QED) is 0.479. The Labute approximate surface area is 155 Å². The lowest BCUT2D eigenvalue weighted by atomic mass is 10.1. The number of hydrogen-bond donors (Lipinski definition) is 1. The monoisotopic (exact) mass is 373 g/mol. The van der Waals surface area contributed by atoms with E-state index in [9.17, 15) is 9.90 Å².